The fraction of sp³-hybridized carbons (Fsp3) is 0. The second kappa shape index (κ2) is 7.56. The highest BCUT2D eigenvalue weighted by Crippen LogP contribution is 2.33. The molecule has 0 spiro atoms. The maximum Gasteiger partial charge on any atom is 0.123 e. The minimum Gasteiger partial charge on any atom is -0.573 e. The molecule has 0 amide bonds. The van der Waals surface area contributed by atoms with E-state index in [1.54, 1.807) is 0 Å². The third-order valence-corrected chi connectivity index (χ3v) is 6.16. The van der Waals surface area contributed by atoms with Crippen LogP contribution in [0.5, 0.6) is 0 Å². The molecule has 0 heterocycles. The van der Waals surface area contributed by atoms with Crippen molar-refractivity contribution in [3.05, 3.63) is 93.9 Å². The van der Waals surface area contributed by atoms with Crippen LogP contribution in [0.2, 0.25) is 0 Å². The zero-order valence-corrected chi connectivity index (χ0v) is 15.7. The van der Waals surface area contributed by atoms with Crippen LogP contribution in [0.3, 0.4) is 0 Å². The van der Waals surface area contributed by atoms with Crippen molar-refractivity contribution in [1.29, 1.82) is 0 Å². The molecule has 0 aromatic heterocycles. The highest BCUT2D eigenvalue weighted by Gasteiger charge is 2.06. The van der Waals surface area contributed by atoms with Gasteiger partial charge < -0.3 is 9.44 Å². The van der Waals surface area contributed by atoms with E-state index in [-0.39, 0.29) is 21.2 Å². The molecule has 10 heteroatoms. The van der Waals surface area contributed by atoms with E-state index < -0.39 is 31.7 Å². The van der Waals surface area contributed by atoms with Gasteiger partial charge in [-0.25, -0.2) is 25.6 Å². The van der Waals surface area contributed by atoms with Crippen LogP contribution in [0, 0.1) is 11.6 Å². The van der Waals surface area contributed by atoms with E-state index in [0.29, 0.717) is 0 Å². The second-order valence-electron chi connectivity index (χ2n) is 5.56. The first-order chi connectivity index (χ1) is 13.2. The lowest BCUT2D eigenvalue weighted by Gasteiger charge is -2.25. The molecule has 0 aliphatic heterocycles. The van der Waals surface area contributed by atoms with E-state index in [0.717, 1.165) is 48.5 Å². The van der Waals surface area contributed by atoms with E-state index in [1.165, 1.54) is 24.3 Å². The molecule has 0 saturated heterocycles. The number of nitrogens with zero attached hydrogens (tertiary/aromatic N) is 2. The summed E-state index contributed by atoms with van der Waals surface area (Å²) in [7, 11) is -8.10. The van der Waals surface area contributed by atoms with Gasteiger partial charge in [0.05, 0.1) is 9.79 Å². The molecule has 3 aromatic carbocycles. The maximum atomic E-state index is 12.9. The summed E-state index contributed by atoms with van der Waals surface area (Å²) in [5.74, 6) is -1.15. The van der Waals surface area contributed by atoms with E-state index in [4.69, 9.17) is 0 Å². The summed E-state index contributed by atoms with van der Waals surface area (Å²) < 4.78 is 81.9. The molecule has 146 valence electrons. The molecule has 0 N–H and O–H groups in total. The summed E-state index contributed by atoms with van der Waals surface area (Å²) in [6, 6.07) is 13.5. The van der Waals surface area contributed by atoms with Gasteiger partial charge in [0.1, 0.15) is 31.7 Å². The first kappa shape index (κ1) is 19.8. The van der Waals surface area contributed by atoms with Gasteiger partial charge in [0.2, 0.25) is 0 Å². The van der Waals surface area contributed by atoms with Gasteiger partial charge in [-0.3, -0.25) is 0 Å². The van der Waals surface area contributed by atoms with Gasteiger partial charge in [-0.1, -0.05) is 24.3 Å². The quantitative estimate of drug-likeness (QED) is 0.572. The maximum absolute atomic E-state index is 12.9. The van der Waals surface area contributed by atoms with Gasteiger partial charge in [-0.05, 0) is 48.5 Å². The predicted molar refractivity (Wildman–Crippen MR) is 99.7 cm³/mol. The summed E-state index contributed by atoms with van der Waals surface area (Å²) in [5, 5.41) is 0. The molecule has 6 nitrogen and oxygen atoms in total. The smallest absolute Gasteiger partial charge is 0.123 e. The van der Waals surface area contributed by atoms with Gasteiger partial charge in [-0.15, -0.1) is 11.4 Å². The number of sulfonamides is 2. The van der Waals surface area contributed by atoms with Crippen LogP contribution >= 0.6 is 0 Å². The number of hydrogen-bond donors (Lipinski definition) is 0. The van der Waals surface area contributed by atoms with Crippen molar-refractivity contribution in [2.45, 2.75) is 9.79 Å². The molecular weight excluding hydrogens is 410 g/mol. The summed E-state index contributed by atoms with van der Waals surface area (Å²) >= 11 is 0. The van der Waals surface area contributed by atoms with Crippen LogP contribution in [-0.4, -0.2) is 16.8 Å². The topological polar surface area (TPSA) is 96.5 Å². The first-order valence-corrected chi connectivity index (χ1v) is 10.6. The SMILES string of the molecule is O=S(=O)([N-]c1ccc([N-]S(=O)(=O)c2ccc(F)cc2)cc1)c1ccc(F)cc1. The Balaban J connectivity index is 1.74. The lowest BCUT2D eigenvalue weighted by atomic mass is 10.3. The van der Waals surface area contributed by atoms with Crippen LogP contribution in [0.4, 0.5) is 20.2 Å². The number of hydrogen-bond acceptors (Lipinski definition) is 4. The molecule has 0 fully saturated rings. The first-order valence-electron chi connectivity index (χ1n) is 7.73. The third-order valence-electron chi connectivity index (χ3n) is 3.52. The van der Waals surface area contributed by atoms with E-state index in [1.807, 2.05) is 0 Å². The zero-order chi connectivity index (χ0) is 20.4. The van der Waals surface area contributed by atoms with E-state index in [9.17, 15) is 25.6 Å². The standard InChI is InChI=1S/C18H12F2N2O4S2/c19-13-1-9-17(10-2-13)27(23,24)21-15-5-7-16(8-6-15)22-28(25,26)18-11-3-14(20)4-12-18/h1-12H/q-2. The molecule has 0 radical (unpaired) electrons. The molecule has 3 aromatic rings. The lowest BCUT2D eigenvalue weighted by molar-refractivity contribution is 0.599. The molecule has 28 heavy (non-hydrogen) atoms. The minimum atomic E-state index is -4.05. The fourth-order valence-corrected chi connectivity index (χ4v) is 4.14. The van der Waals surface area contributed by atoms with Gasteiger partial charge in [-0.2, -0.15) is 0 Å². The second-order valence-corrected chi connectivity index (χ2v) is 8.77. The number of rotatable bonds is 6. The Hall–Kier alpha value is -2.98. The Morgan fingerprint density at radius 1 is 0.500 bits per heavy atom. The van der Waals surface area contributed by atoms with Crippen molar-refractivity contribution >= 4 is 31.4 Å². The highest BCUT2D eigenvalue weighted by molar-refractivity contribution is 7.94. The lowest BCUT2D eigenvalue weighted by Crippen LogP contribution is -1.98. The summed E-state index contributed by atoms with van der Waals surface area (Å²) in [6.07, 6.45) is 0. The average Bonchev–Trinajstić information content (AvgIpc) is 2.64. The molecule has 0 atom stereocenters. The molecule has 0 saturated carbocycles. The molecule has 0 unspecified atom stereocenters. The Labute approximate surface area is 160 Å². The predicted octanol–water partition coefficient (Wildman–Crippen LogP) is 4.75. The van der Waals surface area contributed by atoms with Crippen molar-refractivity contribution in [3.63, 3.8) is 0 Å². The van der Waals surface area contributed by atoms with Crippen molar-refractivity contribution < 1.29 is 25.6 Å². The summed E-state index contributed by atoms with van der Waals surface area (Å²) in [4.78, 5) is -0.358. The average molecular weight is 422 g/mol. The monoisotopic (exact) mass is 422 g/mol. The molecular formula is C18H12F2N2O4S2-2. The third kappa shape index (κ3) is 4.65. The highest BCUT2D eigenvalue weighted by atomic mass is 32.2. The number of halogens is 2. The summed E-state index contributed by atoms with van der Waals surface area (Å²) in [6.45, 7) is 0. The Morgan fingerprint density at radius 2 is 0.786 bits per heavy atom. The Kier molecular flexibility index (Phi) is 5.34. The molecule has 3 rings (SSSR count). The van der Waals surface area contributed by atoms with Crippen molar-refractivity contribution in [2.75, 3.05) is 0 Å². The van der Waals surface area contributed by atoms with E-state index >= 15 is 0 Å². The number of benzene rings is 3. The molecule has 0 bridgehead atoms. The Bertz CT molecular complexity index is 1080. The van der Waals surface area contributed by atoms with Crippen molar-refractivity contribution in [3.8, 4) is 0 Å². The van der Waals surface area contributed by atoms with Gasteiger partial charge >= 0.3 is 0 Å². The van der Waals surface area contributed by atoms with Gasteiger partial charge in [0.25, 0.3) is 0 Å². The normalized spacial score (nSPS) is 11.8. The largest absolute Gasteiger partial charge is 0.573 e. The van der Waals surface area contributed by atoms with Crippen molar-refractivity contribution in [2.24, 2.45) is 0 Å². The van der Waals surface area contributed by atoms with E-state index in [2.05, 4.69) is 9.44 Å². The molecule has 0 aliphatic rings. The van der Waals surface area contributed by atoms with Gasteiger partial charge in [0, 0.05) is 0 Å². The van der Waals surface area contributed by atoms with Crippen LogP contribution in [0.1, 0.15) is 0 Å². The van der Waals surface area contributed by atoms with Crippen LogP contribution in [-0.2, 0) is 20.0 Å². The Morgan fingerprint density at radius 3 is 1.07 bits per heavy atom. The summed E-state index contributed by atoms with van der Waals surface area (Å²) in [5.41, 5.74) is 0.0879. The molecule has 0 aliphatic carbocycles. The fourth-order valence-electron chi connectivity index (χ4n) is 2.17. The zero-order valence-electron chi connectivity index (χ0n) is 14.0. The van der Waals surface area contributed by atoms with Crippen LogP contribution in [0.15, 0.2) is 82.6 Å². The minimum absolute atomic E-state index is 0.0439. The van der Waals surface area contributed by atoms with Crippen LogP contribution < -0.4 is 0 Å². The van der Waals surface area contributed by atoms with Gasteiger partial charge in [0.15, 0.2) is 0 Å². The van der Waals surface area contributed by atoms with Crippen molar-refractivity contribution in [1.82, 2.24) is 0 Å². The van der Waals surface area contributed by atoms with Crippen LogP contribution in [0.25, 0.3) is 9.44 Å².